The topological polar surface area (TPSA) is 21.3 Å². The highest BCUT2D eigenvalue weighted by Gasteiger charge is 2.34. The SMILES string of the molecule is CCCCC1CCC(CCC(C)C)(CNCCOC)CC1. The third kappa shape index (κ3) is 7.65. The second kappa shape index (κ2) is 10.6. The minimum absolute atomic E-state index is 0.570. The summed E-state index contributed by atoms with van der Waals surface area (Å²) in [5, 5.41) is 3.65. The molecule has 0 spiro atoms. The number of hydrogen-bond acceptors (Lipinski definition) is 2. The van der Waals surface area contributed by atoms with Crippen LogP contribution >= 0.6 is 0 Å². The Morgan fingerprint density at radius 2 is 1.95 bits per heavy atom. The monoisotopic (exact) mass is 297 g/mol. The van der Waals surface area contributed by atoms with Crippen LogP contribution in [-0.2, 0) is 4.74 Å². The van der Waals surface area contributed by atoms with E-state index in [1.165, 1.54) is 64.3 Å². The highest BCUT2D eigenvalue weighted by atomic mass is 16.5. The molecule has 0 atom stereocenters. The highest BCUT2D eigenvalue weighted by molar-refractivity contribution is 4.87. The minimum atomic E-state index is 0.570. The fourth-order valence-electron chi connectivity index (χ4n) is 3.71. The predicted molar refractivity (Wildman–Crippen MR) is 92.7 cm³/mol. The first-order valence-electron chi connectivity index (χ1n) is 9.31. The summed E-state index contributed by atoms with van der Waals surface area (Å²) < 4.78 is 5.16. The lowest BCUT2D eigenvalue weighted by Gasteiger charge is -2.41. The Bertz CT molecular complexity index is 244. The van der Waals surface area contributed by atoms with Gasteiger partial charge >= 0.3 is 0 Å². The maximum Gasteiger partial charge on any atom is 0.0587 e. The Morgan fingerprint density at radius 1 is 1.24 bits per heavy atom. The molecule has 0 unspecified atom stereocenters. The zero-order chi connectivity index (χ0) is 15.6. The van der Waals surface area contributed by atoms with Crippen LogP contribution in [0.15, 0.2) is 0 Å². The quantitative estimate of drug-likeness (QED) is 0.540. The van der Waals surface area contributed by atoms with Gasteiger partial charge in [-0.3, -0.25) is 0 Å². The molecule has 0 aromatic rings. The average molecular weight is 298 g/mol. The van der Waals surface area contributed by atoms with Gasteiger partial charge < -0.3 is 10.1 Å². The van der Waals surface area contributed by atoms with E-state index in [9.17, 15) is 0 Å². The second-order valence-corrected chi connectivity index (χ2v) is 7.69. The van der Waals surface area contributed by atoms with Gasteiger partial charge in [0.1, 0.15) is 0 Å². The minimum Gasteiger partial charge on any atom is -0.383 e. The van der Waals surface area contributed by atoms with Gasteiger partial charge in [-0.05, 0) is 49.4 Å². The Labute approximate surface area is 133 Å². The molecule has 1 fully saturated rings. The number of nitrogens with one attached hydrogen (secondary N) is 1. The summed E-state index contributed by atoms with van der Waals surface area (Å²) in [5.41, 5.74) is 0.570. The average Bonchev–Trinajstić information content (AvgIpc) is 2.49. The number of hydrogen-bond donors (Lipinski definition) is 1. The van der Waals surface area contributed by atoms with Crippen molar-refractivity contribution in [3.05, 3.63) is 0 Å². The van der Waals surface area contributed by atoms with E-state index < -0.39 is 0 Å². The molecule has 0 aromatic heterocycles. The first kappa shape index (κ1) is 19.0. The van der Waals surface area contributed by atoms with Gasteiger partial charge in [0.25, 0.3) is 0 Å². The lowest BCUT2D eigenvalue weighted by molar-refractivity contribution is 0.115. The molecule has 0 amide bonds. The Balaban J connectivity index is 2.42. The van der Waals surface area contributed by atoms with Crippen LogP contribution in [0.25, 0.3) is 0 Å². The van der Waals surface area contributed by atoms with E-state index in [0.717, 1.165) is 25.0 Å². The van der Waals surface area contributed by atoms with E-state index in [4.69, 9.17) is 4.74 Å². The van der Waals surface area contributed by atoms with Crippen LogP contribution in [0.4, 0.5) is 0 Å². The van der Waals surface area contributed by atoms with Crippen LogP contribution in [0.5, 0.6) is 0 Å². The molecule has 2 nitrogen and oxygen atoms in total. The molecule has 1 rings (SSSR count). The second-order valence-electron chi connectivity index (χ2n) is 7.69. The third-order valence-electron chi connectivity index (χ3n) is 5.37. The summed E-state index contributed by atoms with van der Waals surface area (Å²) in [4.78, 5) is 0. The van der Waals surface area contributed by atoms with Gasteiger partial charge in [0.05, 0.1) is 6.61 Å². The molecule has 1 N–H and O–H groups in total. The molecule has 21 heavy (non-hydrogen) atoms. The first-order chi connectivity index (χ1) is 10.1. The van der Waals surface area contributed by atoms with Gasteiger partial charge in [-0.1, -0.05) is 46.5 Å². The van der Waals surface area contributed by atoms with Crippen LogP contribution in [0, 0.1) is 17.3 Å². The summed E-state index contributed by atoms with van der Waals surface area (Å²) in [6.45, 7) is 10.1. The summed E-state index contributed by atoms with van der Waals surface area (Å²) in [6.07, 6.45) is 12.8. The van der Waals surface area contributed by atoms with Crippen molar-refractivity contribution >= 4 is 0 Å². The summed E-state index contributed by atoms with van der Waals surface area (Å²) in [6, 6.07) is 0. The van der Waals surface area contributed by atoms with Crippen molar-refractivity contribution in [1.29, 1.82) is 0 Å². The van der Waals surface area contributed by atoms with Crippen molar-refractivity contribution in [3.8, 4) is 0 Å². The van der Waals surface area contributed by atoms with E-state index in [-0.39, 0.29) is 0 Å². The number of ether oxygens (including phenoxy) is 1. The Hall–Kier alpha value is -0.0800. The number of methoxy groups -OCH3 is 1. The van der Waals surface area contributed by atoms with Crippen molar-refractivity contribution in [2.24, 2.45) is 17.3 Å². The van der Waals surface area contributed by atoms with E-state index in [1.54, 1.807) is 7.11 Å². The molecule has 1 aliphatic carbocycles. The standard InChI is InChI=1S/C19H39NO/c1-5-6-7-18-9-12-19(13-10-18,11-8-17(2)3)16-20-14-15-21-4/h17-18,20H,5-16H2,1-4H3. The summed E-state index contributed by atoms with van der Waals surface area (Å²) in [5.74, 6) is 1.84. The molecular weight excluding hydrogens is 258 g/mol. The molecule has 126 valence electrons. The Morgan fingerprint density at radius 3 is 2.52 bits per heavy atom. The molecule has 0 aliphatic heterocycles. The van der Waals surface area contributed by atoms with E-state index in [2.05, 4.69) is 26.1 Å². The zero-order valence-electron chi connectivity index (χ0n) is 15.0. The van der Waals surface area contributed by atoms with Crippen LogP contribution in [0.1, 0.15) is 78.6 Å². The number of unbranched alkanes of at least 4 members (excludes halogenated alkanes) is 1. The molecule has 0 aromatic carbocycles. The van der Waals surface area contributed by atoms with Crippen LogP contribution in [0.2, 0.25) is 0 Å². The van der Waals surface area contributed by atoms with E-state index >= 15 is 0 Å². The van der Waals surface area contributed by atoms with Crippen molar-refractivity contribution in [1.82, 2.24) is 5.32 Å². The van der Waals surface area contributed by atoms with Gasteiger partial charge in [0, 0.05) is 20.2 Å². The largest absolute Gasteiger partial charge is 0.383 e. The fourth-order valence-corrected chi connectivity index (χ4v) is 3.71. The molecule has 0 radical (unpaired) electrons. The van der Waals surface area contributed by atoms with Crippen molar-refractivity contribution < 1.29 is 4.74 Å². The summed E-state index contributed by atoms with van der Waals surface area (Å²) >= 11 is 0. The lowest BCUT2D eigenvalue weighted by atomic mass is 9.66. The predicted octanol–water partition coefficient (Wildman–Crippen LogP) is 5.03. The normalized spacial score (nSPS) is 26.4. The van der Waals surface area contributed by atoms with Gasteiger partial charge in [-0.2, -0.15) is 0 Å². The van der Waals surface area contributed by atoms with Crippen molar-refractivity contribution in [3.63, 3.8) is 0 Å². The van der Waals surface area contributed by atoms with Gasteiger partial charge in [0.2, 0.25) is 0 Å². The fraction of sp³-hybridized carbons (Fsp3) is 1.00. The third-order valence-corrected chi connectivity index (χ3v) is 5.37. The molecule has 2 heteroatoms. The maximum atomic E-state index is 5.16. The molecule has 0 heterocycles. The van der Waals surface area contributed by atoms with Gasteiger partial charge in [-0.15, -0.1) is 0 Å². The zero-order valence-corrected chi connectivity index (χ0v) is 15.0. The molecule has 0 saturated heterocycles. The Kier molecular flexibility index (Phi) is 9.59. The van der Waals surface area contributed by atoms with Crippen LogP contribution in [0.3, 0.4) is 0 Å². The van der Waals surface area contributed by atoms with Crippen LogP contribution < -0.4 is 5.32 Å². The van der Waals surface area contributed by atoms with Crippen molar-refractivity contribution in [2.75, 3.05) is 26.8 Å². The van der Waals surface area contributed by atoms with E-state index in [0.29, 0.717) is 5.41 Å². The summed E-state index contributed by atoms with van der Waals surface area (Å²) in [7, 11) is 1.79. The smallest absolute Gasteiger partial charge is 0.0587 e. The van der Waals surface area contributed by atoms with Crippen molar-refractivity contribution in [2.45, 2.75) is 78.6 Å². The highest BCUT2D eigenvalue weighted by Crippen LogP contribution is 2.44. The van der Waals surface area contributed by atoms with E-state index in [1.807, 2.05) is 0 Å². The molecule has 1 saturated carbocycles. The van der Waals surface area contributed by atoms with Gasteiger partial charge in [-0.25, -0.2) is 0 Å². The lowest BCUT2D eigenvalue weighted by Crippen LogP contribution is -2.39. The van der Waals surface area contributed by atoms with Gasteiger partial charge in [0.15, 0.2) is 0 Å². The van der Waals surface area contributed by atoms with Crippen LogP contribution in [-0.4, -0.2) is 26.8 Å². The molecular formula is C19H39NO. The first-order valence-corrected chi connectivity index (χ1v) is 9.31. The maximum absolute atomic E-state index is 5.16. The number of rotatable bonds is 11. The molecule has 1 aliphatic rings. The molecule has 0 bridgehead atoms.